The van der Waals surface area contributed by atoms with Gasteiger partial charge in [0.2, 0.25) is 0 Å². The summed E-state index contributed by atoms with van der Waals surface area (Å²) in [5, 5.41) is 17.5. The highest BCUT2D eigenvalue weighted by atomic mass is 32.1. The van der Waals surface area contributed by atoms with Gasteiger partial charge in [-0.2, -0.15) is 0 Å². The average Bonchev–Trinajstić information content (AvgIpc) is 2.70. The molecule has 1 atom stereocenters. The van der Waals surface area contributed by atoms with Crippen LogP contribution in [0.4, 0.5) is 11.4 Å². The Morgan fingerprint density at radius 2 is 2.04 bits per heavy atom. The fourth-order valence-electron chi connectivity index (χ4n) is 2.95. The molecule has 0 radical (unpaired) electrons. The summed E-state index contributed by atoms with van der Waals surface area (Å²) >= 11 is 5.38. The highest BCUT2D eigenvalue weighted by molar-refractivity contribution is 7.80. The van der Waals surface area contributed by atoms with Crippen molar-refractivity contribution < 1.29 is 9.66 Å². The SMILES string of the molecule is O=[N+]([O-])c1ccc(NC(=S)NC[C@H](c2cccnc2)N2CCOCC2)cc1. The van der Waals surface area contributed by atoms with Gasteiger partial charge in [-0.05, 0) is 36.0 Å². The number of nitrogens with one attached hydrogen (secondary N) is 2. The lowest BCUT2D eigenvalue weighted by atomic mass is 10.1. The second kappa shape index (κ2) is 9.36. The molecule has 9 heteroatoms. The molecule has 1 aliphatic rings. The van der Waals surface area contributed by atoms with Crippen LogP contribution in [0.3, 0.4) is 0 Å². The number of morpholine rings is 1. The first-order chi connectivity index (χ1) is 13.1. The lowest BCUT2D eigenvalue weighted by Gasteiger charge is -2.35. The molecule has 0 saturated carbocycles. The molecule has 142 valence electrons. The number of benzene rings is 1. The van der Waals surface area contributed by atoms with Crippen LogP contribution in [0, 0.1) is 10.1 Å². The molecule has 0 amide bonds. The van der Waals surface area contributed by atoms with Crippen LogP contribution in [0.1, 0.15) is 11.6 Å². The molecular weight excluding hydrogens is 366 g/mol. The van der Waals surface area contributed by atoms with Crippen LogP contribution < -0.4 is 10.6 Å². The maximum atomic E-state index is 10.7. The van der Waals surface area contributed by atoms with Crippen LogP contribution in [-0.4, -0.2) is 52.8 Å². The van der Waals surface area contributed by atoms with Crippen LogP contribution in [-0.2, 0) is 4.74 Å². The first-order valence-corrected chi connectivity index (χ1v) is 9.05. The standard InChI is InChI=1S/C18H21N5O3S/c24-23(25)16-5-3-15(4-6-16)21-18(27)20-13-17(14-2-1-7-19-12-14)22-8-10-26-11-9-22/h1-7,12,17H,8-11,13H2,(H2,20,21,27)/t17-/m1/s1. The zero-order chi connectivity index (χ0) is 19.1. The van der Waals surface area contributed by atoms with Crippen LogP contribution in [0.5, 0.6) is 0 Å². The third kappa shape index (κ3) is 5.43. The number of hydrogen-bond acceptors (Lipinski definition) is 6. The molecule has 2 aromatic rings. The van der Waals surface area contributed by atoms with Crippen molar-refractivity contribution in [3.8, 4) is 0 Å². The molecular formula is C18H21N5O3S. The Morgan fingerprint density at radius 3 is 2.67 bits per heavy atom. The third-order valence-electron chi connectivity index (χ3n) is 4.35. The second-order valence-corrected chi connectivity index (χ2v) is 6.50. The van der Waals surface area contributed by atoms with E-state index in [1.165, 1.54) is 12.1 Å². The molecule has 1 aromatic heterocycles. The average molecular weight is 387 g/mol. The van der Waals surface area contributed by atoms with Gasteiger partial charge in [-0.25, -0.2) is 0 Å². The number of rotatable bonds is 6. The fraction of sp³-hybridized carbons (Fsp3) is 0.333. The number of aromatic nitrogens is 1. The normalized spacial score (nSPS) is 15.7. The summed E-state index contributed by atoms with van der Waals surface area (Å²) in [6.45, 7) is 3.74. The van der Waals surface area contributed by atoms with E-state index >= 15 is 0 Å². The molecule has 2 N–H and O–H groups in total. The van der Waals surface area contributed by atoms with E-state index in [1.807, 2.05) is 12.3 Å². The van der Waals surface area contributed by atoms with Crippen LogP contribution in [0.2, 0.25) is 0 Å². The van der Waals surface area contributed by atoms with E-state index in [0.29, 0.717) is 30.6 Å². The summed E-state index contributed by atoms with van der Waals surface area (Å²) in [7, 11) is 0. The minimum Gasteiger partial charge on any atom is -0.379 e. The van der Waals surface area contributed by atoms with Crippen LogP contribution >= 0.6 is 12.2 Å². The summed E-state index contributed by atoms with van der Waals surface area (Å²) in [6.07, 6.45) is 3.63. The minimum atomic E-state index is -0.429. The lowest BCUT2D eigenvalue weighted by Crippen LogP contribution is -2.44. The van der Waals surface area contributed by atoms with Crippen molar-refractivity contribution in [1.29, 1.82) is 0 Å². The van der Waals surface area contributed by atoms with Crippen molar-refractivity contribution in [3.63, 3.8) is 0 Å². The molecule has 1 saturated heterocycles. The van der Waals surface area contributed by atoms with Crippen molar-refractivity contribution in [3.05, 3.63) is 64.5 Å². The molecule has 3 rings (SSSR count). The molecule has 27 heavy (non-hydrogen) atoms. The Morgan fingerprint density at radius 1 is 1.30 bits per heavy atom. The number of nitrogens with zero attached hydrogens (tertiary/aromatic N) is 3. The van der Waals surface area contributed by atoms with Crippen molar-refractivity contribution in [1.82, 2.24) is 15.2 Å². The predicted octanol–water partition coefficient (Wildman–Crippen LogP) is 2.35. The van der Waals surface area contributed by atoms with Gasteiger partial charge in [0.25, 0.3) is 5.69 Å². The van der Waals surface area contributed by atoms with Gasteiger partial charge in [-0.15, -0.1) is 0 Å². The number of thiocarbonyl (C=S) groups is 1. The Kier molecular flexibility index (Phi) is 6.64. The van der Waals surface area contributed by atoms with Gasteiger partial charge >= 0.3 is 0 Å². The van der Waals surface area contributed by atoms with E-state index in [0.717, 1.165) is 18.7 Å². The van der Waals surface area contributed by atoms with Crippen molar-refractivity contribution in [2.24, 2.45) is 0 Å². The molecule has 1 fully saturated rings. The quantitative estimate of drug-likeness (QED) is 0.443. The Labute approximate surface area is 162 Å². The van der Waals surface area contributed by atoms with E-state index in [-0.39, 0.29) is 11.7 Å². The smallest absolute Gasteiger partial charge is 0.269 e. The van der Waals surface area contributed by atoms with E-state index in [4.69, 9.17) is 17.0 Å². The van der Waals surface area contributed by atoms with Crippen molar-refractivity contribution >= 4 is 28.7 Å². The first kappa shape index (κ1) is 19.2. The number of hydrogen-bond donors (Lipinski definition) is 2. The third-order valence-corrected chi connectivity index (χ3v) is 4.59. The summed E-state index contributed by atoms with van der Waals surface area (Å²) in [4.78, 5) is 16.9. The van der Waals surface area contributed by atoms with Crippen LogP contribution in [0.15, 0.2) is 48.8 Å². The molecule has 1 aliphatic heterocycles. The topological polar surface area (TPSA) is 92.6 Å². The number of nitro groups is 1. The number of ether oxygens (including phenoxy) is 1. The zero-order valence-electron chi connectivity index (χ0n) is 14.7. The minimum absolute atomic E-state index is 0.0448. The van der Waals surface area contributed by atoms with Gasteiger partial charge in [-0.1, -0.05) is 6.07 Å². The molecule has 0 spiro atoms. The summed E-state index contributed by atoms with van der Waals surface area (Å²) in [5.41, 5.74) is 1.86. The van der Waals surface area contributed by atoms with Crippen LogP contribution in [0.25, 0.3) is 0 Å². The van der Waals surface area contributed by atoms with Gasteiger partial charge in [-0.3, -0.25) is 20.0 Å². The van der Waals surface area contributed by atoms with Gasteiger partial charge in [0.15, 0.2) is 5.11 Å². The summed E-state index contributed by atoms with van der Waals surface area (Å²) < 4.78 is 5.45. The van der Waals surface area contributed by atoms with Gasteiger partial charge in [0, 0.05) is 49.8 Å². The van der Waals surface area contributed by atoms with Gasteiger partial charge in [0.1, 0.15) is 0 Å². The van der Waals surface area contributed by atoms with E-state index in [2.05, 4.69) is 26.6 Å². The van der Waals surface area contributed by atoms with Crippen molar-refractivity contribution in [2.45, 2.75) is 6.04 Å². The lowest BCUT2D eigenvalue weighted by molar-refractivity contribution is -0.384. The van der Waals surface area contributed by atoms with Crippen molar-refractivity contribution in [2.75, 3.05) is 38.2 Å². The molecule has 0 unspecified atom stereocenters. The zero-order valence-corrected chi connectivity index (χ0v) is 15.5. The number of non-ortho nitro benzene ring substituents is 1. The number of nitro benzene ring substituents is 1. The van der Waals surface area contributed by atoms with E-state index in [1.54, 1.807) is 18.3 Å². The Hall–Kier alpha value is -2.62. The predicted molar refractivity (Wildman–Crippen MR) is 107 cm³/mol. The van der Waals surface area contributed by atoms with E-state index in [9.17, 15) is 10.1 Å². The molecule has 0 aliphatic carbocycles. The fourth-order valence-corrected chi connectivity index (χ4v) is 3.15. The Balaban J connectivity index is 1.60. The maximum absolute atomic E-state index is 10.7. The first-order valence-electron chi connectivity index (χ1n) is 8.64. The number of anilines is 1. The maximum Gasteiger partial charge on any atom is 0.269 e. The molecule has 2 heterocycles. The number of pyridine rings is 1. The second-order valence-electron chi connectivity index (χ2n) is 6.09. The van der Waals surface area contributed by atoms with Gasteiger partial charge < -0.3 is 15.4 Å². The summed E-state index contributed by atoms with van der Waals surface area (Å²) in [6, 6.07) is 10.3. The molecule has 0 bridgehead atoms. The largest absolute Gasteiger partial charge is 0.379 e. The van der Waals surface area contributed by atoms with Gasteiger partial charge in [0.05, 0.1) is 24.2 Å². The highest BCUT2D eigenvalue weighted by Crippen LogP contribution is 2.20. The molecule has 1 aromatic carbocycles. The molecule has 8 nitrogen and oxygen atoms in total. The Bertz CT molecular complexity index is 766. The highest BCUT2D eigenvalue weighted by Gasteiger charge is 2.23. The summed E-state index contributed by atoms with van der Waals surface area (Å²) in [5.74, 6) is 0. The van der Waals surface area contributed by atoms with E-state index < -0.39 is 4.92 Å². The monoisotopic (exact) mass is 387 g/mol.